The Morgan fingerprint density at radius 2 is 0.802 bits per heavy atom. The van der Waals surface area contributed by atoms with Gasteiger partial charge < -0.3 is 0 Å². The lowest BCUT2D eigenvalue weighted by Gasteiger charge is -2.26. The molecule has 0 bridgehead atoms. The molecule has 0 saturated carbocycles. The van der Waals surface area contributed by atoms with E-state index in [1.165, 1.54) is 188 Å². The van der Waals surface area contributed by atoms with Gasteiger partial charge >= 0.3 is 0 Å². The molecule has 0 heteroatoms. The summed E-state index contributed by atoms with van der Waals surface area (Å²) in [5, 5.41) is 0. The molecule has 6 aromatic carbocycles. The number of unbranched alkanes of at least 4 members (excludes halogenated alkanes) is 3. The highest BCUT2D eigenvalue weighted by Gasteiger charge is 2.30. The summed E-state index contributed by atoms with van der Waals surface area (Å²) in [4.78, 5) is 0. The Balaban J connectivity index is 0.000000130. The molecule has 0 radical (unpaired) electrons. The smallest absolute Gasteiger partial charge is 0.0281 e. The van der Waals surface area contributed by atoms with Crippen LogP contribution >= 0.6 is 0 Å². The van der Waals surface area contributed by atoms with E-state index in [1.807, 2.05) is 0 Å². The molecule has 0 heterocycles. The minimum atomic E-state index is 0.414. The molecule has 0 nitrogen and oxygen atoms in total. The Hall–Kier alpha value is -8.84. The minimum absolute atomic E-state index is 0.414. The molecule has 0 saturated heterocycles. The number of hydrogen-bond donors (Lipinski definition) is 0. The van der Waals surface area contributed by atoms with Crippen molar-refractivity contribution in [1.82, 2.24) is 0 Å². The molecule has 5 atom stereocenters. The summed E-state index contributed by atoms with van der Waals surface area (Å²) in [6.07, 6.45) is 72.8. The maximum atomic E-state index is 2.45. The van der Waals surface area contributed by atoms with Gasteiger partial charge in [-0.2, -0.15) is 0 Å². The van der Waals surface area contributed by atoms with Gasteiger partial charge in [0.05, 0.1) is 0 Å². The van der Waals surface area contributed by atoms with Gasteiger partial charge in [0.15, 0.2) is 0 Å². The third-order valence-corrected chi connectivity index (χ3v) is 21.3. The average molecular weight is 1250 g/mol. The summed E-state index contributed by atoms with van der Waals surface area (Å²) in [6, 6.07) is 56.9. The van der Waals surface area contributed by atoms with Gasteiger partial charge in [-0.05, 0) is 243 Å². The highest BCUT2D eigenvalue weighted by Crippen LogP contribution is 2.45. The van der Waals surface area contributed by atoms with Gasteiger partial charge in [0.25, 0.3) is 0 Å². The first-order chi connectivity index (χ1) is 47.3. The molecule has 0 fully saturated rings. The van der Waals surface area contributed by atoms with E-state index in [4.69, 9.17) is 0 Å². The first-order valence-electron chi connectivity index (χ1n) is 36.9. The molecule has 9 aliphatic carbocycles. The first-order valence-corrected chi connectivity index (χ1v) is 36.9. The van der Waals surface area contributed by atoms with Gasteiger partial charge in [0, 0.05) is 17.8 Å². The Bertz CT molecular complexity index is 4210. The summed E-state index contributed by atoms with van der Waals surface area (Å²) < 4.78 is 0. The molecule has 5 unspecified atom stereocenters. The first kappa shape index (κ1) is 65.8. The van der Waals surface area contributed by atoms with Crippen LogP contribution in [0.25, 0.3) is 5.57 Å². The monoisotopic (exact) mass is 1250 g/mol. The SMILES string of the molecule is CC(CCc1ccccc1)Cc1ccc(CC2=CC=C(C3=CCCC=C3)C3C=CC=C23)cc1.CC(Cc1ccccc1)Cc1ccc(CC2=CC=C(C3=CCCC=C3)C3C=CC=C23)cc1.CCCCCCc1ccc(CC2=CC=C(c3ccc4c(c3)CCC4)C3C=CC=C23)cc1. The van der Waals surface area contributed by atoms with E-state index >= 15 is 0 Å². The summed E-state index contributed by atoms with van der Waals surface area (Å²) in [7, 11) is 0. The van der Waals surface area contributed by atoms with E-state index in [1.54, 1.807) is 11.1 Å². The largest absolute Gasteiger partial charge is 0.0836 e. The van der Waals surface area contributed by atoms with E-state index < -0.39 is 0 Å². The third kappa shape index (κ3) is 17.0. The van der Waals surface area contributed by atoms with Crippen LogP contribution in [-0.2, 0) is 64.2 Å². The van der Waals surface area contributed by atoms with Crippen LogP contribution in [-0.4, -0.2) is 0 Å². The van der Waals surface area contributed by atoms with Crippen molar-refractivity contribution in [2.24, 2.45) is 29.6 Å². The predicted octanol–water partition coefficient (Wildman–Crippen LogP) is 24.2. The average Bonchev–Trinajstić information content (AvgIpc) is 1.59. The molecule has 15 rings (SSSR count). The van der Waals surface area contributed by atoms with Crippen molar-refractivity contribution in [1.29, 1.82) is 0 Å². The number of aryl methyl sites for hydroxylation is 4. The molecule has 0 aliphatic heterocycles. The van der Waals surface area contributed by atoms with Crippen LogP contribution in [0.4, 0.5) is 0 Å². The second kappa shape index (κ2) is 32.7. The summed E-state index contributed by atoms with van der Waals surface area (Å²) in [5.74, 6) is 2.59. The number of benzene rings is 6. The van der Waals surface area contributed by atoms with Crippen molar-refractivity contribution in [3.63, 3.8) is 0 Å². The fraction of sp³-hybridized carbons (Fsp3) is 0.292. The standard InChI is InChI=1S/C33H34.C32H32.C31H34/c1-25(15-16-26-9-4-2-5-10-26)23-27-17-19-28(20-18-27)24-30-21-22-32(29-11-6-3-7-12-29)33-14-8-13-31(30)33;1-24(21-25-9-4-2-5-10-25)22-26-15-17-27(18-16-26)23-29-19-20-31(28-11-6-3-7-12-28)32-14-8-13-30(29)32;1-2-3-4-5-8-23-13-15-24(16-14-23)21-27-19-20-30(31-12-7-11-29(27)31)28-18-17-25-9-6-10-26(25)22-28/h2,4-6,8-14,17-22,25,33H,3,7,15-16,23-24H2,1H3;2,4-6,8-20,24,32H,3,7,21-23H2,1H3;7,11-20,22,31H,2-6,8-10,21H2,1H3. The van der Waals surface area contributed by atoms with Gasteiger partial charge in [0.1, 0.15) is 0 Å². The van der Waals surface area contributed by atoms with Crippen molar-refractivity contribution < 1.29 is 0 Å². The fourth-order valence-corrected chi connectivity index (χ4v) is 15.9. The van der Waals surface area contributed by atoms with Gasteiger partial charge in [0.2, 0.25) is 0 Å². The third-order valence-electron chi connectivity index (χ3n) is 21.3. The topological polar surface area (TPSA) is 0 Å². The van der Waals surface area contributed by atoms with E-state index in [9.17, 15) is 0 Å². The van der Waals surface area contributed by atoms with Gasteiger partial charge in [-0.1, -0.05) is 319 Å². The molecular formula is C96H100. The lowest BCUT2D eigenvalue weighted by molar-refractivity contribution is 0.530. The van der Waals surface area contributed by atoms with Crippen molar-refractivity contribution in [3.8, 4) is 0 Å². The van der Waals surface area contributed by atoms with Crippen LogP contribution in [0.15, 0.2) is 335 Å². The Morgan fingerprint density at radius 1 is 0.365 bits per heavy atom. The van der Waals surface area contributed by atoms with E-state index in [0.29, 0.717) is 29.6 Å². The molecule has 6 aromatic rings. The molecule has 96 heavy (non-hydrogen) atoms. The highest BCUT2D eigenvalue weighted by atomic mass is 14.3. The van der Waals surface area contributed by atoms with E-state index in [2.05, 4.69) is 300 Å². The summed E-state index contributed by atoms with van der Waals surface area (Å²) in [6.45, 7) is 7.01. The normalized spacial score (nSPS) is 19.7. The molecule has 0 amide bonds. The minimum Gasteiger partial charge on any atom is -0.0836 e. The van der Waals surface area contributed by atoms with Crippen molar-refractivity contribution in [3.05, 3.63) is 396 Å². The predicted molar refractivity (Wildman–Crippen MR) is 411 cm³/mol. The summed E-state index contributed by atoms with van der Waals surface area (Å²) in [5.41, 5.74) is 32.0. The molecule has 0 N–H and O–H groups in total. The van der Waals surface area contributed by atoms with Crippen LogP contribution in [0.2, 0.25) is 0 Å². The van der Waals surface area contributed by atoms with Crippen LogP contribution in [0, 0.1) is 29.6 Å². The number of rotatable bonds is 23. The van der Waals surface area contributed by atoms with E-state index in [0.717, 1.165) is 51.4 Å². The molecule has 0 aromatic heterocycles. The maximum absolute atomic E-state index is 2.45. The van der Waals surface area contributed by atoms with Crippen molar-refractivity contribution in [2.75, 3.05) is 0 Å². The van der Waals surface area contributed by atoms with Gasteiger partial charge in [-0.3, -0.25) is 0 Å². The Morgan fingerprint density at radius 3 is 1.30 bits per heavy atom. The zero-order valence-corrected chi connectivity index (χ0v) is 57.6. The summed E-state index contributed by atoms with van der Waals surface area (Å²) >= 11 is 0. The Kier molecular flexibility index (Phi) is 22.4. The van der Waals surface area contributed by atoms with E-state index in [-0.39, 0.29) is 0 Å². The maximum Gasteiger partial charge on any atom is 0.0281 e. The number of hydrogen-bond acceptors (Lipinski definition) is 0. The lowest BCUT2D eigenvalue weighted by Crippen LogP contribution is -2.12. The Labute approximate surface area is 577 Å². The zero-order chi connectivity index (χ0) is 65.3. The fourth-order valence-electron chi connectivity index (χ4n) is 15.9. The van der Waals surface area contributed by atoms with Crippen LogP contribution < -0.4 is 0 Å². The van der Waals surface area contributed by atoms with Crippen LogP contribution in [0.5, 0.6) is 0 Å². The lowest BCUT2D eigenvalue weighted by atomic mass is 9.78. The molecule has 9 aliphatic rings. The molecule has 0 spiro atoms. The second-order valence-corrected chi connectivity index (χ2v) is 28.6. The van der Waals surface area contributed by atoms with Crippen LogP contribution in [0.1, 0.15) is 146 Å². The highest BCUT2D eigenvalue weighted by molar-refractivity contribution is 5.79. The second-order valence-electron chi connectivity index (χ2n) is 28.6. The van der Waals surface area contributed by atoms with Crippen molar-refractivity contribution in [2.45, 2.75) is 149 Å². The zero-order valence-electron chi connectivity index (χ0n) is 57.6. The van der Waals surface area contributed by atoms with Crippen molar-refractivity contribution >= 4 is 5.57 Å². The number of fused-ring (bicyclic) bond motifs is 4. The van der Waals surface area contributed by atoms with Gasteiger partial charge in [-0.15, -0.1) is 0 Å². The molecular weight excluding hydrogens is 1150 g/mol. The quantitative estimate of drug-likeness (QED) is 0.0561. The molecule has 484 valence electrons. The number of allylic oxidation sites excluding steroid dienone is 32. The van der Waals surface area contributed by atoms with Crippen LogP contribution in [0.3, 0.4) is 0 Å². The van der Waals surface area contributed by atoms with Gasteiger partial charge in [-0.25, -0.2) is 0 Å².